The maximum atomic E-state index is 12.7. The molecule has 0 unspecified atom stereocenters. The fourth-order valence-electron chi connectivity index (χ4n) is 3.13. The molecule has 0 saturated carbocycles. The number of hydrogen-bond donors (Lipinski definition) is 0. The van der Waals surface area contributed by atoms with Gasteiger partial charge in [0.2, 0.25) is 0 Å². The second kappa shape index (κ2) is 3.29. The maximum Gasteiger partial charge on any atom is 0.311 e. The summed E-state index contributed by atoms with van der Waals surface area (Å²) in [4.78, 5) is 12.9. The quantitative estimate of drug-likeness (QED) is 0.405. The Balaban J connectivity index is 2.34. The molecule has 0 radical (unpaired) electrons. The van der Waals surface area contributed by atoms with Gasteiger partial charge in [0.25, 0.3) is 11.0 Å². The van der Waals surface area contributed by atoms with Gasteiger partial charge in [-0.2, -0.15) is 0 Å². The Labute approximate surface area is 116 Å². The van der Waals surface area contributed by atoms with Gasteiger partial charge in [-0.1, -0.05) is 30.3 Å². The first kappa shape index (κ1) is 10.6. The molecule has 0 aliphatic rings. The van der Waals surface area contributed by atoms with Crippen LogP contribution in [0.25, 0.3) is 38.2 Å². The lowest BCUT2D eigenvalue weighted by molar-refractivity contribution is -0.782. The molecule has 6 nitrogen and oxygen atoms in total. The van der Waals surface area contributed by atoms with Gasteiger partial charge in [-0.25, -0.2) is 0 Å². The van der Waals surface area contributed by atoms with E-state index in [1.807, 2.05) is 42.5 Å². The molecule has 100 valence electrons. The van der Waals surface area contributed by atoms with Gasteiger partial charge >= 0.3 is 5.56 Å². The molecule has 0 spiro atoms. The summed E-state index contributed by atoms with van der Waals surface area (Å²) in [6, 6.07) is 13.3. The fourth-order valence-corrected chi connectivity index (χ4v) is 3.13. The average Bonchev–Trinajstić information content (AvgIpc) is 3.05. The number of nitrogens with zero attached hydrogens (tertiary/aromatic N) is 3. The first-order chi connectivity index (χ1) is 10.3. The molecule has 6 heteroatoms. The van der Waals surface area contributed by atoms with E-state index in [1.54, 1.807) is 4.40 Å². The number of rotatable bonds is 0. The normalized spacial score (nSPS) is 12.2. The van der Waals surface area contributed by atoms with Gasteiger partial charge in [0.15, 0.2) is 0 Å². The van der Waals surface area contributed by atoms with Crippen molar-refractivity contribution in [1.29, 1.82) is 0 Å². The summed E-state index contributed by atoms with van der Waals surface area (Å²) in [6.45, 7) is 0. The summed E-state index contributed by atoms with van der Waals surface area (Å²) < 4.78 is 6.17. The minimum Gasteiger partial charge on any atom is -0.359 e. The lowest BCUT2D eigenvalue weighted by Crippen LogP contribution is -2.30. The van der Waals surface area contributed by atoms with Crippen LogP contribution in [-0.4, -0.2) is 9.56 Å². The van der Waals surface area contributed by atoms with Gasteiger partial charge in [0.05, 0.1) is 16.4 Å². The van der Waals surface area contributed by atoms with E-state index in [9.17, 15) is 10.0 Å². The number of aromatic nitrogens is 3. The van der Waals surface area contributed by atoms with Crippen LogP contribution in [0.2, 0.25) is 0 Å². The van der Waals surface area contributed by atoms with E-state index in [2.05, 4.69) is 9.79 Å². The molecule has 0 saturated heterocycles. The molecule has 0 fully saturated rings. The van der Waals surface area contributed by atoms with Gasteiger partial charge in [-0.05, 0) is 17.0 Å². The van der Waals surface area contributed by atoms with Crippen LogP contribution in [0.4, 0.5) is 0 Å². The van der Waals surface area contributed by atoms with Crippen LogP contribution >= 0.6 is 0 Å². The number of fused-ring (bicyclic) bond motifs is 5. The predicted molar refractivity (Wildman–Crippen MR) is 76.4 cm³/mol. The standard InChI is InChI=1S/C15H7N3O3/c19-15-14-12(16-21-18(14)20)10-6-3-5-9-8-4-1-2-7-11(8)17(15)13(9)10/h1-7H. The minimum atomic E-state index is -0.411. The fraction of sp³-hybridized carbons (Fsp3) is 0. The first-order valence-electron chi connectivity index (χ1n) is 6.44. The Hall–Kier alpha value is -3.15. The van der Waals surface area contributed by atoms with Crippen molar-refractivity contribution in [2.75, 3.05) is 0 Å². The third-order valence-electron chi connectivity index (χ3n) is 3.97. The molecule has 21 heavy (non-hydrogen) atoms. The van der Waals surface area contributed by atoms with Gasteiger partial charge in [0.1, 0.15) is 0 Å². The first-order valence-corrected chi connectivity index (χ1v) is 6.44. The number of hydrogen-bond acceptors (Lipinski definition) is 4. The van der Waals surface area contributed by atoms with Crippen molar-refractivity contribution < 1.29 is 9.53 Å². The Bertz CT molecular complexity index is 1220. The van der Waals surface area contributed by atoms with Crippen LogP contribution in [0.5, 0.6) is 0 Å². The summed E-state index contributed by atoms with van der Waals surface area (Å²) in [5.74, 6) is 0. The Morgan fingerprint density at radius 1 is 1.05 bits per heavy atom. The topological polar surface area (TPSA) is 74.5 Å². The molecule has 5 rings (SSSR count). The number of para-hydroxylation sites is 2. The Morgan fingerprint density at radius 2 is 1.81 bits per heavy atom. The molecule has 5 aromatic rings. The minimum absolute atomic E-state index is 0.0728. The molecule has 0 aliphatic carbocycles. The molecule has 3 heterocycles. The van der Waals surface area contributed by atoms with Crippen molar-refractivity contribution in [2.45, 2.75) is 0 Å². The van der Waals surface area contributed by atoms with Gasteiger partial charge in [-0.3, -0.25) is 13.8 Å². The zero-order valence-electron chi connectivity index (χ0n) is 10.6. The van der Waals surface area contributed by atoms with E-state index in [1.165, 1.54) is 0 Å². The predicted octanol–water partition coefficient (Wildman–Crippen LogP) is 1.82. The van der Waals surface area contributed by atoms with E-state index in [-0.39, 0.29) is 10.4 Å². The van der Waals surface area contributed by atoms with Crippen molar-refractivity contribution in [2.24, 2.45) is 0 Å². The van der Waals surface area contributed by atoms with Crippen LogP contribution in [-0.2, 0) is 0 Å². The van der Waals surface area contributed by atoms with Crippen molar-refractivity contribution in [3.63, 3.8) is 0 Å². The molecule has 0 N–H and O–H groups in total. The molecule has 0 aliphatic heterocycles. The second-order valence-corrected chi connectivity index (χ2v) is 4.99. The maximum absolute atomic E-state index is 12.7. The SMILES string of the molecule is O=c1c2c(no[n+]2[O-])c2cccc3c4ccccc4n1c32. The van der Waals surface area contributed by atoms with E-state index in [0.29, 0.717) is 5.52 Å². The average molecular weight is 277 g/mol. The van der Waals surface area contributed by atoms with Crippen molar-refractivity contribution in [1.82, 2.24) is 9.56 Å². The second-order valence-electron chi connectivity index (χ2n) is 4.99. The lowest BCUT2D eigenvalue weighted by atomic mass is 10.1. The molecule has 0 atom stereocenters. The summed E-state index contributed by atoms with van der Waals surface area (Å²) in [5.41, 5.74) is 1.36. The lowest BCUT2D eigenvalue weighted by Gasteiger charge is -1.98. The van der Waals surface area contributed by atoms with Gasteiger partial charge in [-0.15, -0.1) is 0 Å². The number of benzene rings is 2. The molecule has 0 amide bonds. The zero-order valence-corrected chi connectivity index (χ0v) is 10.6. The Kier molecular flexibility index (Phi) is 1.66. The van der Waals surface area contributed by atoms with E-state index >= 15 is 0 Å². The summed E-state index contributed by atoms with van der Waals surface area (Å²) in [7, 11) is 0. The van der Waals surface area contributed by atoms with E-state index in [0.717, 1.165) is 27.2 Å². The number of pyridine rings is 1. The van der Waals surface area contributed by atoms with Crippen molar-refractivity contribution in [3.8, 4) is 0 Å². The van der Waals surface area contributed by atoms with Crippen molar-refractivity contribution >= 4 is 38.2 Å². The van der Waals surface area contributed by atoms with E-state index in [4.69, 9.17) is 0 Å². The molecule has 3 aromatic heterocycles. The van der Waals surface area contributed by atoms with Crippen LogP contribution < -0.4 is 10.5 Å². The smallest absolute Gasteiger partial charge is 0.311 e. The highest BCUT2D eigenvalue weighted by atomic mass is 16.8. The van der Waals surface area contributed by atoms with Gasteiger partial charge in [0, 0.05) is 15.9 Å². The van der Waals surface area contributed by atoms with E-state index < -0.39 is 5.56 Å². The molecular weight excluding hydrogens is 270 g/mol. The van der Waals surface area contributed by atoms with Crippen LogP contribution in [0.1, 0.15) is 0 Å². The van der Waals surface area contributed by atoms with Crippen LogP contribution in [0, 0.1) is 5.21 Å². The van der Waals surface area contributed by atoms with Crippen LogP contribution in [0.3, 0.4) is 0 Å². The largest absolute Gasteiger partial charge is 0.359 e. The van der Waals surface area contributed by atoms with Crippen LogP contribution in [0.15, 0.2) is 51.9 Å². The van der Waals surface area contributed by atoms with Gasteiger partial charge < -0.3 is 5.21 Å². The summed E-state index contributed by atoms with van der Waals surface area (Å²) in [6.07, 6.45) is 0. The Morgan fingerprint density at radius 3 is 2.71 bits per heavy atom. The summed E-state index contributed by atoms with van der Waals surface area (Å²) >= 11 is 0. The molecular formula is C15H7N3O3. The highest BCUT2D eigenvalue weighted by Crippen LogP contribution is 2.32. The highest BCUT2D eigenvalue weighted by molar-refractivity contribution is 6.18. The molecule has 2 aromatic carbocycles. The van der Waals surface area contributed by atoms with Crippen molar-refractivity contribution in [3.05, 3.63) is 58.0 Å². The third-order valence-corrected chi connectivity index (χ3v) is 3.97. The zero-order chi connectivity index (χ0) is 14.1. The third kappa shape index (κ3) is 1.07. The summed E-state index contributed by atoms with van der Waals surface area (Å²) in [5, 5.41) is 18.1. The molecule has 0 bridgehead atoms. The monoisotopic (exact) mass is 277 g/mol. The highest BCUT2D eigenvalue weighted by Gasteiger charge is 2.24.